The monoisotopic (exact) mass is 322 g/mol. The molecule has 3 rings (SSSR count). The largest absolute Gasteiger partial charge is 0.358 e. The molecular formula is C15H13F3N4O. The summed E-state index contributed by atoms with van der Waals surface area (Å²) in [5.74, 6) is -2.95. The Hall–Kier alpha value is -2.64. The quantitative estimate of drug-likeness (QED) is 0.937. The van der Waals surface area contributed by atoms with E-state index in [0.29, 0.717) is 19.2 Å². The van der Waals surface area contributed by atoms with E-state index in [4.69, 9.17) is 0 Å². The zero-order valence-electron chi connectivity index (χ0n) is 12.0. The third kappa shape index (κ3) is 3.10. The number of carbonyl (C=O) groups excluding carboxylic acids is 1. The number of aromatic nitrogens is 2. The summed E-state index contributed by atoms with van der Waals surface area (Å²) in [5, 5.41) is 2.59. The summed E-state index contributed by atoms with van der Waals surface area (Å²) in [5.41, 5.74) is -0.472. The highest BCUT2D eigenvalue weighted by atomic mass is 19.1. The van der Waals surface area contributed by atoms with Crippen molar-refractivity contribution in [2.45, 2.75) is 6.42 Å². The maximum absolute atomic E-state index is 14.4. The SMILES string of the molecule is O=C(CNc1ncnc(-c2ccc(F)cc2F)c1F)N1CCC1. The number of carbonyl (C=O) groups is 1. The van der Waals surface area contributed by atoms with Crippen molar-refractivity contribution in [3.8, 4) is 11.3 Å². The van der Waals surface area contributed by atoms with E-state index >= 15 is 0 Å². The number of rotatable bonds is 4. The number of benzene rings is 1. The van der Waals surface area contributed by atoms with Gasteiger partial charge in [0.15, 0.2) is 11.6 Å². The molecule has 1 N–H and O–H groups in total. The first kappa shape index (κ1) is 15.3. The molecule has 0 atom stereocenters. The highest BCUT2D eigenvalue weighted by molar-refractivity contribution is 5.81. The van der Waals surface area contributed by atoms with Gasteiger partial charge in [-0.15, -0.1) is 0 Å². The molecule has 0 radical (unpaired) electrons. The zero-order valence-corrected chi connectivity index (χ0v) is 12.0. The van der Waals surface area contributed by atoms with Crippen LogP contribution < -0.4 is 5.32 Å². The molecule has 0 aliphatic carbocycles. The molecule has 120 valence electrons. The van der Waals surface area contributed by atoms with E-state index in [-0.39, 0.29) is 29.5 Å². The lowest BCUT2D eigenvalue weighted by Gasteiger charge is -2.30. The normalized spacial score (nSPS) is 13.6. The fraction of sp³-hybridized carbons (Fsp3) is 0.267. The van der Waals surface area contributed by atoms with Gasteiger partial charge in [0.2, 0.25) is 5.91 Å². The van der Waals surface area contributed by atoms with Gasteiger partial charge in [-0.2, -0.15) is 0 Å². The Kier molecular flexibility index (Phi) is 4.14. The molecule has 5 nitrogen and oxygen atoms in total. The lowest BCUT2D eigenvalue weighted by Crippen LogP contribution is -2.44. The van der Waals surface area contributed by atoms with Gasteiger partial charge in [-0.1, -0.05) is 0 Å². The van der Waals surface area contributed by atoms with Crippen molar-refractivity contribution in [3.05, 3.63) is 42.0 Å². The molecule has 1 saturated heterocycles. The number of nitrogens with one attached hydrogen (secondary N) is 1. The average molecular weight is 322 g/mol. The van der Waals surface area contributed by atoms with Crippen molar-refractivity contribution in [2.24, 2.45) is 0 Å². The molecule has 1 aliphatic heterocycles. The van der Waals surface area contributed by atoms with Crippen LogP contribution in [0.5, 0.6) is 0 Å². The van der Waals surface area contributed by atoms with Crippen molar-refractivity contribution < 1.29 is 18.0 Å². The minimum absolute atomic E-state index is 0.112. The minimum Gasteiger partial charge on any atom is -0.358 e. The van der Waals surface area contributed by atoms with Crippen LogP contribution in [-0.4, -0.2) is 40.4 Å². The maximum Gasteiger partial charge on any atom is 0.241 e. The van der Waals surface area contributed by atoms with Crippen LogP contribution in [0.4, 0.5) is 19.0 Å². The summed E-state index contributed by atoms with van der Waals surface area (Å²) in [7, 11) is 0. The summed E-state index contributed by atoms with van der Waals surface area (Å²) in [6, 6.07) is 2.77. The number of nitrogens with zero attached hydrogens (tertiary/aromatic N) is 3. The van der Waals surface area contributed by atoms with E-state index in [9.17, 15) is 18.0 Å². The van der Waals surface area contributed by atoms with E-state index in [1.807, 2.05) is 0 Å². The van der Waals surface area contributed by atoms with Crippen molar-refractivity contribution in [2.75, 3.05) is 25.0 Å². The molecule has 2 aromatic rings. The second-order valence-corrected chi connectivity index (χ2v) is 5.10. The van der Waals surface area contributed by atoms with E-state index in [1.54, 1.807) is 4.90 Å². The van der Waals surface area contributed by atoms with Gasteiger partial charge in [-0.05, 0) is 18.6 Å². The molecule has 1 aliphatic rings. The summed E-state index contributed by atoms with van der Waals surface area (Å²) in [4.78, 5) is 20.8. The van der Waals surface area contributed by atoms with Crippen LogP contribution in [0.3, 0.4) is 0 Å². The van der Waals surface area contributed by atoms with E-state index in [1.165, 1.54) is 0 Å². The van der Waals surface area contributed by atoms with Gasteiger partial charge >= 0.3 is 0 Å². The van der Waals surface area contributed by atoms with Crippen LogP contribution in [0.2, 0.25) is 0 Å². The average Bonchev–Trinajstić information content (AvgIpc) is 2.45. The van der Waals surface area contributed by atoms with E-state index in [0.717, 1.165) is 24.9 Å². The molecule has 0 bridgehead atoms. The first-order valence-corrected chi connectivity index (χ1v) is 7.04. The highest BCUT2D eigenvalue weighted by Crippen LogP contribution is 2.26. The first-order chi connectivity index (χ1) is 11.1. The van der Waals surface area contributed by atoms with Crippen LogP contribution in [0.15, 0.2) is 24.5 Å². The molecule has 8 heteroatoms. The highest BCUT2D eigenvalue weighted by Gasteiger charge is 2.21. The van der Waals surface area contributed by atoms with Crippen LogP contribution in [0.1, 0.15) is 6.42 Å². The van der Waals surface area contributed by atoms with Crippen molar-refractivity contribution in [1.29, 1.82) is 0 Å². The second kappa shape index (κ2) is 6.23. The maximum atomic E-state index is 14.4. The minimum atomic E-state index is -0.926. The van der Waals surface area contributed by atoms with Gasteiger partial charge in [0, 0.05) is 24.7 Å². The molecule has 1 aromatic carbocycles. The van der Waals surface area contributed by atoms with E-state index in [2.05, 4.69) is 15.3 Å². The van der Waals surface area contributed by atoms with Gasteiger partial charge in [0.25, 0.3) is 0 Å². The first-order valence-electron chi connectivity index (χ1n) is 7.04. The third-order valence-corrected chi connectivity index (χ3v) is 3.59. The Bertz CT molecular complexity index is 749. The number of hydrogen-bond acceptors (Lipinski definition) is 4. The number of halogens is 3. The lowest BCUT2D eigenvalue weighted by molar-refractivity contribution is -0.132. The Labute approximate surface area is 130 Å². The molecule has 1 aromatic heterocycles. The third-order valence-electron chi connectivity index (χ3n) is 3.59. The molecule has 23 heavy (non-hydrogen) atoms. The Balaban J connectivity index is 1.81. The summed E-state index contributed by atoms with van der Waals surface area (Å²) in [6.07, 6.45) is 2.01. The Morgan fingerprint density at radius 2 is 2.00 bits per heavy atom. The molecule has 1 fully saturated rings. The smallest absolute Gasteiger partial charge is 0.241 e. The van der Waals surface area contributed by atoms with E-state index < -0.39 is 17.5 Å². The topological polar surface area (TPSA) is 58.1 Å². The van der Waals surface area contributed by atoms with Crippen molar-refractivity contribution >= 4 is 11.7 Å². The molecular weight excluding hydrogens is 309 g/mol. The summed E-state index contributed by atoms with van der Waals surface area (Å²) >= 11 is 0. The molecule has 0 spiro atoms. The van der Waals surface area contributed by atoms with Crippen LogP contribution in [0.25, 0.3) is 11.3 Å². The number of anilines is 1. The van der Waals surface area contributed by atoms with Gasteiger partial charge in [-0.25, -0.2) is 23.1 Å². The van der Waals surface area contributed by atoms with Crippen LogP contribution >= 0.6 is 0 Å². The van der Waals surface area contributed by atoms with Crippen molar-refractivity contribution in [1.82, 2.24) is 14.9 Å². The molecule has 0 unspecified atom stereocenters. The fourth-order valence-corrected chi connectivity index (χ4v) is 2.20. The summed E-state index contributed by atoms with van der Waals surface area (Å²) < 4.78 is 41.1. The standard InChI is InChI=1S/C15H13F3N4O/c16-9-2-3-10(11(17)6-9)14-13(18)15(21-8-20-14)19-7-12(23)22-4-1-5-22/h2-3,6,8H,1,4-5,7H2,(H,19,20,21). The van der Waals surface area contributed by atoms with Crippen LogP contribution in [0, 0.1) is 17.5 Å². The fourth-order valence-electron chi connectivity index (χ4n) is 2.20. The van der Waals surface area contributed by atoms with Gasteiger partial charge in [0.05, 0.1) is 6.54 Å². The van der Waals surface area contributed by atoms with Gasteiger partial charge < -0.3 is 10.2 Å². The number of likely N-dealkylation sites (tertiary alicyclic amines) is 1. The predicted molar refractivity (Wildman–Crippen MR) is 77.0 cm³/mol. The lowest BCUT2D eigenvalue weighted by atomic mass is 10.1. The molecule has 1 amide bonds. The van der Waals surface area contributed by atoms with Gasteiger partial charge in [0.1, 0.15) is 23.7 Å². The van der Waals surface area contributed by atoms with Crippen molar-refractivity contribution in [3.63, 3.8) is 0 Å². The second-order valence-electron chi connectivity index (χ2n) is 5.10. The predicted octanol–water partition coefficient (Wildman–Crippen LogP) is 2.21. The zero-order chi connectivity index (χ0) is 16.4. The number of hydrogen-bond donors (Lipinski definition) is 1. The molecule has 0 saturated carbocycles. The Morgan fingerprint density at radius 1 is 1.22 bits per heavy atom. The summed E-state index contributed by atoms with van der Waals surface area (Å²) in [6.45, 7) is 1.27. The van der Waals surface area contributed by atoms with Crippen LogP contribution in [-0.2, 0) is 4.79 Å². The Morgan fingerprint density at radius 3 is 2.65 bits per heavy atom. The number of amides is 1. The molecule has 2 heterocycles. The van der Waals surface area contributed by atoms with Gasteiger partial charge in [-0.3, -0.25) is 4.79 Å².